The molecule has 5 heteroatoms. The molecule has 1 aromatic rings. The minimum absolute atomic E-state index is 0.0640. The molecule has 0 aliphatic heterocycles. The van der Waals surface area contributed by atoms with Crippen LogP contribution < -0.4 is 5.32 Å². The highest BCUT2D eigenvalue weighted by molar-refractivity contribution is 5.69. The number of para-hydroxylation sites is 1. The van der Waals surface area contributed by atoms with Gasteiger partial charge in [-0.1, -0.05) is 6.07 Å². The van der Waals surface area contributed by atoms with E-state index < -0.39 is 4.92 Å². The van der Waals surface area contributed by atoms with Crippen molar-refractivity contribution in [2.24, 2.45) is 0 Å². The first-order chi connectivity index (χ1) is 6.70. The third kappa shape index (κ3) is 1.80. The first-order valence-corrected chi connectivity index (χ1v) is 4.12. The number of benzene rings is 1. The lowest BCUT2D eigenvalue weighted by molar-refractivity contribution is -0.384. The van der Waals surface area contributed by atoms with E-state index in [1.165, 1.54) is 12.1 Å². The van der Waals surface area contributed by atoms with Gasteiger partial charge in [-0.2, -0.15) is 5.26 Å². The Morgan fingerprint density at radius 3 is 2.86 bits per heavy atom. The standard InChI is InChI=1S/C9H9N3O2/c1-2-11-9-7(6-10)4-3-5-8(9)12(13)14/h3-5,11H,2H2,1H3. The molecule has 72 valence electrons. The van der Waals surface area contributed by atoms with Crippen LogP contribution in [0, 0.1) is 21.4 Å². The normalized spacial score (nSPS) is 9.14. The average molecular weight is 191 g/mol. The molecule has 5 nitrogen and oxygen atoms in total. The molecule has 1 rings (SSSR count). The van der Waals surface area contributed by atoms with Gasteiger partial charge in [0.2, 0.25) is 0 Å². The predicted molar refractivity (Wildman–Crippen MR) is 52.0 cm³/mol. The second-order valence-electron chi connectivity index (χ2n) is 2.60. The summed E-state index contributed by atoms with van der Waals surface area (Å²) in [7, 11) is 0. The molecule has 0 aromatic heterocycles. The summed E-state index contributed by atoms with van der Waals surface area (Å²) >= 11 is 0. The number of nitrogens with one attached hydrogen (secondary N) is 1. The zero-order valence-corrected chi connectivity index (χ0v) is 7.65. The molecule has 0 amide bonds. The summed E-state index contributed by atoms with van der Waals surface area (Å²) in [5, 5.41) is 22.2. The van der Waals surface area contributed by atoms with Crippen LogP contribution in [0.25, 0.3) is 0 Å². The van der Waals surface area contributed by atoms with Crippen molar-refractivity contribution in [2.45, 2.75) is 6.92 Å². The van der Waals surface area contributed by atoms with E-state index in [2.05, 4.69) is 5.32 Å². The third-order valence-corrected chi connectivity index (χ3v) is 1.71. The highest BCUT2D eigenvalue weighted by Crippen LogP contribution is 2.27. The SMILES string of the molecule is CCNc1c(C#N)cccc1[N+](=O)[O-]. The minimum atomic E-state index is -0.501. The van der Waals surface area contributed by atoms with Crippen LogP contribution in [0.1, 0.15) is 12.5 Å². The third-order valence-electron chi connectivity index (χ3n) is 1.71. The van der Waals surface area contributed by atoms with Gasteiger partial charge >= 0.3 is 0 Å². The average Bonchev–Trinajstić information content (AvgIpc) is 2.18. The Balaban J connectivity index is 3.29. The second-order valence-corrected chi connectivity index (χ2v) is 2.60. The fourth-order valence-electron chi connectivity index (χ4n) is 1.15. The van der Waals surface area contributed by atoms with Gasteiger partial charge in [-0.3, -0.25) is 10.1 Å². The van der Waals surface area contributed by atoms with Gasteiger partial charge in [0.05, 0.1) is 10.5 Å². The summed E-state index contributed by atoms with van der Waals surface area (Å²) in [4.78, 5) is 10.1. The van der Waals surface area contributed by atoms with E-state index in [1.807, 2.05) is 13.0 Å². The molecule has 0 bridgehead atoms. The van der Waals surface area contributed by atoms with E-state index in [0.29, 0.717) is 17.8 Å². The van der Waals surface area contributed by atoms with Crippen LogP contribution in [0.2, 0.25) is 0 Å². The Hall–Kier alpha value is -2.09. The first-order valence-electron chi connectivity index (χ1n) is 4.12. The Morgan fingerprint density at radius 1 is 1.64 bits per heavy atom. The lowest BCUT2D eigenvalue weighted by Gasteiger charge is -2.05. The highest BCUT2D eigenvalue weighted by Gasteiger charge is 2.15. The Labute approximate surface area is 81.1 Å². The van der Waals surface area contributed by atoms with Crippen molar-refractivity contribution >= 4 is 11.4 Å². The molecule has 0 aliphatic rings. The molecule has 0 saturated carbocycles. The monoisotopic (exact) mass is 191 g/mol. The van der Waals surface area contributed by atoms with Crippen molar-refractivity contribution < 1.29 is 4.92 Å². The van der Waals surface area contributed by atoms with Gasteiger partial charge < -0.3 is 5.32 Å². The largest absolute Gasteiger partial charge is 0.379 e. The van der Waals surface area contributed by atoms with E-state index in [4.69, 9.17) is 5.26 Å². The molecule has 1 N–H and O–H groups in total. The fraction of sp³-hybridized carbons (Fsp3) is 0.222. The summed E-state index contributed by atoms with van der Waals surface area (Å²) in [6, 6.07) is 6.33. The summed E-state index contributed by atoms with van der Waals surface area (Å²) in [6.07, 6.45) is 0. The lowest BCUT2D eigenvalue weighted by atomic mass is 10.1. The lowest BCUT2D eigenvalue weighted by Crippen LogP contribution is -2.03. The summed E-state index contributed by atoms with van der Waals surface area (Å²) in [6.45, 7) is 2.36. The van der Waals surface area contributed by atoms with Crippen molar-refractivity contribution in [2.75, 3.05) is 11.9 Å². The van der Waals surface area contributed by atoms with E-state index >= 15 is 0 Å². The second kappa shape index (κ2) is 4.23. The molecule has 0 saturated heterocycles. The summed E-state index contributed by atoms with van der Waals surface area (Å²) in [5.74, 6) is 0. The van der Waals surface area contributed by atoms with Crippen molar-refractivity contribution in [1.82, 2.24) is 0 Å². The number of anilines is 1. The number of rotatable bonds is 3. The first kappa shape index (κ1) is 9.99. The van der Waals surface area contributed by atoms with Crippen molar-refractivity contribution in [3.63, 3.8) is 0 Å². The zero-order valence-electron chi connectivity index (χ0n) is 7.65. The molecular weight excluding hydrogens is 182 g/mol. The molecule has 0 fully saturated rings. The molecule has 0 atom stereocenters. The maximum Gasteiger partial charge on any atom is 0.293 e. The molecule has 0 spiro atoms. The molecule has 0 unspecified atom stereocenters. The van der Waals surface area contributed by atoms with Crippen LogP contribution in [0.3, 0.4) is 0 Å². The van der Waals surface area contributed by atoms with Crippen LogP contribution in [-0.4, -0.2) is 11.5 Å². The fourth-order valence-corrected chi connectivity index (χ4v) is 1.15. The van der Waals surface area contributed by atoms with Crippen LogP contribution in [0.15, 0.2) is 18.2 Å². The van der Waals surface area contributed by atoms with Gasteiger partial charge in [-0.05, 0) is 13.0 Å². The van der Waals surface area contributed by atoms with Crippen LogP contribution in [-0.2, 0) is 0 Å². The van der Waals surface area contributed by atoms with E-state index in [0.717, 1.165) is 0 Å². The number of hydrogen-bond acceptors (Lipinski definition) is 4. The van der Waals surface area contributed by atoms with Crippen molar-refractivity contribution in [3.8, 4) is 6.07 Å². The Bertz CT molecular complexity index is 396. The van der Waals surface area contributed by atoms with Crippen LogP contribution >= 0.6 is 0 Å². The molecular formula is C9H9N3O2. The van der Waals surface area contributed by atoms with Gasteiger partial charge in [-0.25, -0.2) is 0 Å². The maximum atomic E-state index is 10.6. The molecule has 14 heavy (non-hydrogen) atoms. The van der Waals surface area contributed by atoms with Crippen molar-refractivity contribution in [1.29, 1.82) is 5.26 Å². The summed E-state index contributed by atoms with van der Waals surface area (Å²) in [5.41, 5.74) is 0.523. The molecule has 1 aromatic carbocycles. The summed E-state index contributed by atoms with van der Waals surface area (Å²) < 4.78 is 0. The number of nitro groups is 1. The van der Waals surface area contributed by atoms with Crippen LogP contribution in [0.5, 0.6) is 0 Å². The van der Waals surface area contributed by atoms with E-state index in [-0.39, 0.29) is 5.69 Å². The van der Waals surface area contributed by atoms with Gasteiger partial charge in [0.15, 0.2) is 0 Å². The molecule has 0 aliphatic carbocycles. The van der Waals surface area contributed by atoms with Crippen LogP contribution in [0.4, 0.5) is 11.4 Å². The smallest absolute Gasteiger partial charge is 0.293 e. The number of nitro benzene ring substituents is 1. The van der Waals surface area contributed by atoms with E-state index in [9.17, 15) is 10.1 Å². The van der Waals surface area contributed by atoms with Gasteiger partial charge in [0.1, 0.15) is 11.8 Å². The zero-order chi connectivity index (χ0) is 10.6. The quantitative estimate of drug-likeness (QED) is 0.584. The molecule has 0 heterocycles. The number of nitrogens with zero attached hydrogens (tertiary/aromatic N) is 2. The Kier molecular flexibility index (Phi) is 3.02. The maximum absolute atomic E-state index is 10.6. The topological polar surface area (TPSA) is 79.0 Å². The number of nitriles is 1. The van der Waals surface area contributed by atoms with Gasteiger partial charge in [-0.15, -0.1) is 0 Å². The minimum Gasteiger partial charge on any atom is -0.379 e. The predicted octanol–water partition coefficient (Wildman–Crippen LogP) is 1.90. The van der Waals surface area contributed by atoms with Gasteiger partial charge in [0.25, 0.3) is 5.69 Å². The number of hydrogen-bond donors (Lipinski definition) is 1. The molecule has 0 radical (unpaired) electrons. The highest BCUT2D eigenvalue weighted by atomic mass is 16.6. The van der Waals surface area contributed by atoms with E-state index in [1.54, 1.807) is 6.07 Å². The van der Waals surface area contributed by atoms with Crippen molar-refractivity contribution in [3.05, 3.63) is 33.9 Å². The Morgan fingerprint density at radius 2 is 2.36 bits per heavy atom. The van der Waals surface area contributed by atoms with Gasteiger partial charge in [0, 0.05) is 12.6 Å².